The lowest BCUT2D eigenvalue weighted by atomic mass is 10.1. The highest BCUT2D eigenvalue weighted by Crippen LogP contribution is 2.32. The Kier molecular flexibility index (Phi) is 5.83. The first-order valence-corrected chi connectivity index (χ1v) is 8.17. The second-order valence-corrected chi connectivity index (χ2v) is 6.81. The van der Waals surface area contributed by atoms with E-state index in [0.29, 0.717) is 12.2 Å². The number of nitrogens with two attached hydrogens (primary N) is 1. The Labute approximate surface area is 123 Å². The number of hydrogen-bond donors (Lipinski definition) is 2. The monoisotopic (exact) mass is 317 g/mol. The summed E-state index contributed by atoms with van der Waals surface area (Å²) in [6.07, 6.45) is 0.312. The van der Waals surface area contributed by atoms with Crippen molar-refractivity contribution in [1.29, 1.82) is 0 Å². The van der Waals surface area contributed by atoms with Gasteiger partial charge in [0.2, 0.25) is 0 Å². The van der Waals surface area contributed by atoms with Gasteiger partial charge in [0, 0.05) is 17.9 Å². The van der Waals surface area contributed by atoms with Crippen molar-refractivity contribution >= 4 is 21.5 Å². The zero-order chi connectivity index (χ0) is 16.0. The minimum Gasteiger partial charge on any atom is -0.493 e. The van der Waals surface area contributed by atoms with E-state index in [-0.39, 0.29) is 35.1 Å². The molecule has 0 fully saturated rings. The summed E-state index contributed by atoms with van der Waals surface area (Å²) in [5.74, 6) is -0.545. The molecule has 0 saturated heterocycles. The van der Waals surface area contributed by atoms with Crippen LogP contribution in [0, 0.1) is 0 Å². The topological polar surface area (TPSA) is 116 Å². The Morgan fingerprint density at radius 3 is 2.52 bits per heavy atom. The second kappa shape index (κ2) is 7.16. The molecule has 21 heavy (non-hydrogen) atoms. The normalized spacial score (nSPS) is 11.1. The third-order valence-corrected chi connectivity index (χ3v) is 4.65. The molecule has 1 aromatic carbocycles. The van der Waals surface area contributed by atoms with Gasteiger partial charge in [-0.2, -0.15) is 0 Å². The summed E-state index contributed by atoms with van der Waals surface area (Å²) in [5.41, 5.74) is 5.58. The van der Waals surface area contributed by atoms with Crippen LogP contribution < -0.4 is 15.2 Å². The molecule has 0 saturated carbocycles. The third-order valence-electron chi connectivity index (χ3n) is 2.86. The molecule has 0 radical (unpaired) electrons. The number of rotatable bonds is 8. The first kappa shape index (κ1) is 17.1. The lowest BCUT2D eigenvalue weighted by Crippen LogP contribution is -2.12. The van der Waals surface area contributed by atoms with Crippen molar-refractivity contribution < 1.29 is 27.8 Å². The molecule has 0 atom stereocenters. The molecule has 118 valence electrons. The van der Waals surface area contributed by atoms with E-state index in [0.717, 1.165) is 0 Å². The molecule has 8 heteroatoms. The molecular formula is C13H19NO6S. The quantitative estimate of drug-likeness (QED) is 0.546. The van der Waals surface area contributed by atoms with Gasteiger partial charge in [0.05, 0.1) is 30.7 Å². The zero-order valence-electron chi connectivity index (χ0n) is 12.0. The largest absolute Gasteiger partial charge is 0.493 e. The summed E-state index contributed by atoms with van der Waals surface area (Å²) in [4.78, 5) is 11.0. The Bertz CT molecular complexity index is 611. The molecule has 0 heterocycles. The third kappa shape index (κ3) is 4.82. The predicted molar refractivity (Wildman–Crippen MR) is 78.8 cm³/mol. The molecule has 0 spiro atoms. The number of benzene rings is 1. The Morgan fingerprint density at radius 1 is 1.33 bits per heavy atom. The summed E-state index contributed by atoms with van der Waals surface area (Å²) < 4.78 is 33.2. The first-order valence-electron chi connectivity index (χ1n) is 6.34. The Balaban J connectivity index is 2.78. The number of ether oxygens (including phenoxy) is 2. The molecule has 1 aromatic rings. The number of carbonyl (C=O) groups is 1. The fourth-order valence-electron chi connectivity index (χ4n) is 1.64. The van der Waals surface area contributed by atoms with Crippen molar-refractivity contribution in [2.24, 2.45) is 0 Å². The van der Waals surface area contributed by atoms with E-state index in [1.54, 1.807) is 6.92 Å². The van der Waals surface area contributed by atoms with E-state index < -0.39 is 15.8 Å². The number of carboxylic acid groups (broad SMARTS) is 1. The molecule has 0 unspecified atom stereocenters. The zero-order valence-corrected chi connectivity index (χ0v) is 12.8. The summed E-state index contributed by atoms with van der Waals surface area (Å²) in [6, 6.07) is 2.63. The van der Waals surface area contributed by atoms with Gasteiger partial charge in [0.25, 0.3) is 0 Å². The summed E-state index contributed by atoms with van der Waals surface area (Å²) in [7, 11) is -1.64. The maximum absolute atomic E-state index is 11.3. The van der Waals surface area contributed by atoms with Gasteiger partial charge in [-0.05, 0) is 6.42 Å². The van der Waals surface area contributed by atoms with Gasteiger partial charge in [-0.3, -0.25) is 0 Å². The molecule has 0 aromatic heterocycles. The van der Waals surface area contributed by atoms with Crippen LogP contribution in [-0.2, 0) is 9.84 Å². The molecule has 0 bridgehead atoms. The summed E-state index contributed by atoms with van der Waals surface area (Å²) >= 11 is 0. The van der Waals surface area contributed by atoms with E-state index in [4.69, 9.17) is 20.3 Å². The Hall–Kier alpha value is -1.96. The average Bonchev–Trinajstić information content (AvgIpc) is 2.44. The lowest BCUT2D eigenvalue weighted by Gasteiger charge is -2.13. The summed E-state index contributed by atoms with van der Waals surface area (Å²) in [5, 5.41) is 9.01. The fraction of sp³-hybridized carbons (Fsp3) is 0.462. The van der Waals surface area contributed by atoms with Crippen molar-refractivity contribution in [2.45, 2.75) is 13.3 Å². The van der Waals surface area contributed by atoms with Gasteiger partial charge in [-0.15, -0.1) is 0 Å². The highest BCUT2D eigenvalue weighted by molar-refractivity contribution is 7.91. The number of hydrogen-bond acceptors (Lipinski definition) is 6. The maximum Gasteiger partial charge on any atom is 0.337 e. The highest BCUT2D eigenvalue weighted by Gasteiger charge is 2.15. The van der Waals surface area contributed by atoms with Crippen LogP contribution in [0.2, 0.25) is 0 Å². The Morgan fingerprint density at radius 2 is 2.00 bits per heavy atom. The smallest absolute Gasteiger partial charge is 0.337 e. The van der Waals surface area contributed by atoms with Crippen LogP contribution in [0.15, 0.2) is 12.1 Å². The standard InChI is InChI=1S/C13H19NO6S/c1-3-21(17,18)6-4-5-20-12-7-9(13(15)16)10(14)8-11(12)19-2/h7-8H,3-6,14H2,1-2H3,(H,15,16). The van der Waals surface area contributed by atoms with Crippen LogP contribution in [0.25, 0.3) is 0 Å². The molecular weight excluding hydrogens is 298 g/mol. The van der Waals surface area contributed by atoms with Gasteiger partial charge < -0.3 is 20.3 Å². The van der Waals surface area contributed by atoms with Crippen LogP contribution in [0.1, 0.15) is 23.7 Å². The van der Waals surface area contributed by atoms with Gasteiger partial charge in [-0.1, -0.05) is 6.92 Å². The number of aromatic carboxylic acids is 1. The van der Waals surface area contributed by atoms with Gasteiger partial charge in [0.1, 0.15) is 9.84 Å². The molecule has 0 aliphatic heterocycles. The fourth-order valence-corrected chi connectivity index (χ4v) is 2.48. The van der Waals surface area contributed by atoms with Crippen LogP contribution in [0.5, 0.6) is 11.5 Å². The van der Waals surface area contributed by atoms with Crippen molar-refractivity contribution in [3.63, 3.8) is 0 Å². The number of anilines is 1. The number of nitrogen functional groups attached to an aromatic ring is 1. The van der Waals surface area contributed by atoms with E-state index in [1.807, 2.05) is 0 Å². The van der Waals surface area contributed by atoms with Crippen LogP contribution in [-0.4, -0.2) is 44.7 Å². The van der Waals surface area contributed by atoms with Crippen LogP contribution in [0.4, 0.5) is 5.69 Å². The lowest BCUT2D eigenvalue weighted by molar-refractivity contribution is 0.0697. The van der Waals surface area contributed by atoms with E-state index in [2.05, 4.69) is 0 Å². The van der Waals surface area contributed by atoms with Crippen LogP contribution in [0.3, 0.4) is 0 Å². The predicted octanol–water partition coefficient (Wildman–Crippen LogP) is 1.18. The first-order chi connectivity index (χ1) is 9.80. The molecule has 1 rings (SSSR count). The maximum atomic E-state index is 11.3. The van der Waals surface area contributed by atoms with E-state index in [1.165, 1.54) is 19.2 Å². The van der Waals surface area contributed by atoms with Gasteiger partial charge >= 0.3 is 5.97 Å². The van der Waals surface area contributed by atoms with E-state index in [9.17, 15) is 13.2 Å². The van der Waals surface area contributed by atoms with Gasteiger partial charge in [0.15, 0.2) is 11.5 Å². The van der Waals surface area contributed by atoms with E-state index >= 15 is 0 Å². The SMILES string of the molecule is CCS(=O)(=O)CCCOc1cc(C(=O)O)c(N)cc1OC. The minimum absolute atomic E-state index is 0.0204. The van der Waals surface area contributed by atoms with Crippen molar-refractivity contribution in [2.75, 3.05) is 31.0 Å². The van der Waals surface area contributed by atoms with Crippen molar-refractivity contribution in [3.8, 4) is 11.5 Å². The molecule has 0 aliphatic carbocycles. The van der Waals surface area contributed by atoms with Crippen molar-refractivity contribution in [3.05, 3.63) is 17.7 Å². The average molecular weight is 317 g/mol. The molecule has 3 N–H and O–H groups in total. The minimum atomic E-state index is -3.04. The van der Waals surface area contributed by atoms with Gasteiger partial charge in [-0.25, -0.2) is 13.2 Å². The number of methoxy groups -OCH3 is 1. The molecule has 0 aliphatic rings. The number of sulfone groups is 1. The number of carboxylic acids is 1. The summed E-state index contributed by atoms with van der Waals surface area (Å²) in [6.45, 7) is 1.72. The highest BCUT2D eigenvalue weighted by atomic mass is 32.2. The van der Waals surface area contributed by atoms with Crippen LogP contribution >= 0.6 is 0 Å². The second-order valence-electron chi connectivity index (χ2n) is 4.33. The van der Waals surface area contributed by atoms with Crippen molar-refractivity contribution in [1.82, 2.24) is 0 Å². The molecule has 0 amide bonds. The molecule has 7 nitrogen and oxygen atoms in total.